The van der Waals surface area contributed by atoms with Gasteiger partial charge in [0.15, 0.2) is 9.84 Å². The van der Waals surface area contributed by atoms with Crippen molar-refractivity contribution in [2.75, 3.05) is 18.1 Å². The molecule has 2 saturated heterocycles. The molecule has 5 nitrogen and oxygen atoms in total. The first kappa shape index (κ1) is 15.8. The molecule has 2 rings (SSSR count). The van der Waals surface area contributed by atoms with Gasteiger partial charge in [-0.3, -0.25) is 10.1 Å². The highest BCUT2D eigenvalue weighted by Crippen LogP contribution is 2.24. The van der Waals surface area contributed by atoms with Gasteiger partial charge in [-0.15, -0.1) is 0 Å². The minimum atomic E-state index is -2.87. The van der Waals surface area contributed by atoms with Gasteiger partial charge in [0, 0.05) is 6.54 Å². The van der Waals surface area contributed by atoms with Gasteiger partial charge in [0.1, 0.15) is 0 Å². The number of hydrogen-bond donors (Lipinski definition) is 1. The van der Waals surface area contributed by atoms with Crippen LogP contribution in [-0.2, 0) is 14.6 Å². The van der Waals surface area contributed by atoms with Crippen molar-refractivity contribution >= 4 is 15.7 Å². The van der Waals surface area contributed by atoms with Crippen molar-refractivity contribution in [2.45, 2.75) is 52.2 Å². The van der Waals surface area contributed by atoms with E-state index in [-0.39, 0.29) is 35.5 Å². The average molecular weight is 302 g/mol. The predicted molar refractivity (Wildman–Crippen MR) is 78.9 cm³/mol. The molecule has 0 spiro atoms. The van der Waals surface area contributed by atoms with Gasteiger partial charge in [-0.1, -0.05) is 20.8 Å². The monoisotopic (exact) mass is 302 g/mol. The van der Waals surface area contributed by atoms with Crippen LogP contribution in [0.25, 0.3) is 0 Å². The summed E-state index contributed by atoms with van der Waals surface area (Å²) in [5.74, 6) is 1.25. The fourth-order valence-electron chi connectivity index (χ4n) is 3.24. The largest absolute Gasteiger partial charge is 0.325 e. The first-order valence-corrected chi connectivity index (χ1v) is 9.41. The Kier molecular flexibility index (Phi) is 4.74. The van der Waals surface area contributed by atoms with E-state index >= 15 is 0 Å². The molecule has 3 atom stereocenters. The van der Waals surface area contributed by atoms with E-state index in [0.29, 0.717) is 18.9 Å². The van der Waals surface area contributed by atoms with Crippen LogP contribution in [-0.4, -0.2) is 49.5 Å². The fraction of sp³-hybridized carbons (Fsp3) is 0.929. The lowest BCUT2D eigenvalue weighted by molar-refractivity contribution is -0.130. The average Bonchev–Trinajstić information content (AvgIpc) is 2.83. The van der Waals surface area contributed by atoms with Gasteiger partial charge in [-0.25, -0.2) is 8.42 Å². The third-order valence-electron chi connectivity index (χ3n) is 4.23. The summed E-state index contributed by atoms with van der Waals surface area (Å²) in [7, 11) is -2.87. The third kappa shape index (κ3) is 3.52. The highest BCUT2D eigenvalue weighted by atomic mass is 32.2. The maximum absolute atomic E-state index is 12.5. The SMILES string of the molecule is CCC1NC(CC(C)C)C(=O)N1CC1CCS(=O)(=O)C1. The molecule has 2 fully saturated rings. The molecule has 0 aliphatic carbocycles. The van der Waals surface area contributed by atoms with E-state index in [1.807, 2.05) is 4.90 Å². The van der Waals surface area contributed by atoms with Crippen molar-refractivity contribution in [1.82, 2.24) is 10.2 Å². The molecule has 1 N–H and O–H groups in total. The van der Waals surface area contributed by atoms with Crippen LogP contribution >= 0.6 is 0 Å². The zero-order valence-electron chi connectivity index (χ0n) is 12.6. The maximum Gasteiger partial charge on any atom is 0.241 e. The second-order valence-electron chi connectivity index (χ2n) is 6.53. The summed E-state index contributed by atoms with van der Waals surface area (Å²) >= 11 is 0. The Morgan fingerprint density at radius 1 is 1.40 bits per heavy atom. The first-order chi connectivity index (χ1) is 9.32. The lowest BCUT2D eigenvalue weighted by atomic mass is 10.0. The first-order valence-electron chi connectivity index (χ1n) is 7.59. The lowest BCUT2D eigenvalue weighted by Gasteiger charge is -2.25. The lowest BCUT2D eigenvalue weighted by Crippen LogP contribution is -2.40. The molecule has 0 saturated carbocycles. The van der Waals surface area contributed by atoms with E-state index in [4.69, 9.17) is 0 Å². The summed E-state index contributed by atoms with van der Waals surface area (Å²) in [6.07, 6.45) is 2.46. The molecule has 0 aromatic rings. The summed E-state index contributed by atoms with van der Waals surface area (Å²) < 4.78 is 23.1. The number of hydrogen-bond acceptors (Lipinski definition) is 4. The molecule has 0 aromatic heterocycles. The molecule has 0 aromatic carbocycles. The quantitative estimate of drug-likeness (QED) is 0.823. The second-order valence-corrected chi connectivity index (χ2v) is 8.76. The zero-order chi connectivity index (χ0) is 14.9. The standard InChI is InChI=1S/C14H26N2O3S/c1-4-13-15-12(7-10(2)3)14(17)16(13)8-11-5-6-20(18,19)9-11/h10-13,15H,4-9H2,1-3H3. The summed E-state index contributed by atoms with van der Waals surface area (Å²) in [6.45, 7) is 6.86. The summed E-state index contributed by atoms with van der Waals surface area (Å²) in [4.78, 5) is 14.3. The molecular weight excluding hydrogens is 276 g/mol. The van der Waals surface area contributed by atoms with E-state index < -0.39 is 9.84 Å². The van der Waals surface area contributed by atoms with Crippen molar-refractivity contribution in [3.05, 3.63) is 0 Å². The van der Waals surface area contributed by atoms with E-state index in [1.54, 1.807) is 0 Å². The Morgan fingerprint density at radius 2 is 2.10 bits per heavy atom. The minimum Gasteiger partial charge on any atom is -0.325 e. The Morgan fingerprint density at radius 3 is 2.60 bits per heavy atom. The van der Waals surface area contributed by atoms with E-state index in [1.165, 1.54) is 0 Å². The van der Waals surface area contributed by atoms with Gasteiger partial charge in [0.05, 0.1) is 23.7 Å². The molecule has 2 heterocycles. The van der Waals surface area contributed by atoms with Gasteiger partial charge in [0.2, 0.25) is 5.91 Å². The molecule has 116 valence electrons. The van der Waals surface area contributed by atoms with Crippen molar-refractivity contribution in [1.29, 1.82) is 0 Å². The molecule has 0 bridgehead atoms. The van der Waals surface area contributed by atoms with Crippen molar-refractivity contribution in [3.8, 4) is 0 Å². The van der Waals surface area contributed by atoms with Crippen LogP contribution < -0.4 is 5.32 Å². The highest BCUT2D eigenvalue weighted by molar-refractivity contribution is 7.91. The topological polar surface area (TPSA) is 66.5 Å². The molecule has 1 amide bonds. The number of nitrogens with zero attached hydrogens (tertiary/aromatic N) is 1. The number of nitrogens with one attached hydrogen (secondary N) is 1. The van der Waals surface area contributed by atoms with Gasteiger partial charge >= 0.3 is 0 Å². The van der Waals surface area contributed by atoms with Gasteiger partial charge < -0.3 is 4.90 Å². The summed E-state index contributed by atoms with van der Waals surface area (Å²) in [5, 5.41) is 3.39. The molecular formula is C14H26N2O3S. The highest BCUT2D eigenvalue weighted by Gasteiger charge is 2.40. The molecule has 20 heavy (non-hydrogen) atoms. The Bertz CT molecular complexity index is 461. The van der Waals surface area contributed by atoms with Crippen LogP contribution in [0.4, 0.5) is 0 Å². The zero-order valence-corrected chi connectivity index (χ0v) is 13.4. The molecule has 2 aliphatic rings. The van der Waals surface area contributed by atoms with Gasteiger partial charge in [-0.2, -0.15) is 0 Å². The molecule has 6 heteroatoms. The van der Waals surface area contributed by atoms with Crippen LogP contribution in [0.3, 0.4) is 0 Å². The van der Waals surface area contributed by atoms with E-state index in [2.05, 4.69) is 26.1 Å². The number of carbonyl (C=O) groups is 1. The summed E-state index contributed by atoms with van der Waals surface area (Å²) in [6, 6.07) is -0.0991. The van der Waals surface area contributed by atoms with Crippen molar-refractivity contribution < 1.29 is 13.2 Å². The number of rotatable bonds is 5. The maximum atomic E-state index is 12.5. The van der Waals surface area contributed by atoms with Crippen molar-refractivity contribution in [3.63, 3.8) is 0 Å². The number of amides is 1. The summed E-state index contributed by atoms with van der Waals surface area (Å²) in [5.41, 5.74) is 0. The van der Waals surface area contributed by atoms with Crippen LogP contribution in [0.2, 0.25) is 0 Å². The van der Waals surface area contributed by atoms with Crippen molar-refractivity contribution in [2.24, 2.45) is 11.8 Å². The third-order valence-corrected chi connectivity index (χ3v) is 6.06. The molecule has 3 unspecified atom stereocenters. The normalized spacial score (nSPS) is 33.3. The fourth-order valence-corrected chi connectivity index (χ4v) is 5.09. The smallest absolute Gasteiger partial charge is 0.241 e. The van der Waals surface area contributed by atoms with Gasteiger partial charge in [-0.05, 0) is 31.1 Å². The van der Waals surface area contributed by atoms with E-state index in [0.717, 1.165) is 12.8 Å². The predicted octanol–water partition coefficient (Wildman–Crippen LogP) is 1.00. The number of carbonyl (C=O) groups excluding carboxylic acids is 1. The van der Waals surface area contributed by atoms with E-state index in [9.17, 15) is 13.2 Å². The van der Waals surface area contributed by atoms with Crippen LogP contribution in [0, 0.1) is 11.8 Å². The molecule has 2 aliphatic heterocycles. The number of sulfone groups is 1. The van der Waals surface area contributed by atoms with Gasteiger partial charge in [0.25, 0.3) is 0 Å². The molecule has 0 radical (unpaired) electrons. The second kappa shape index (κ2) is 6.02. The Hall–Kier alpha value is -0.620. The van der Waals surface area contributed by atoms with Crippen LogP contribution in [0.15, 0.2) is 0 Å². The van der Waals surface area contributed by atoms with Crippen LogP contribution in [0.5, 0.6) is 0 Å². The van der Waals surface area contributed by atoms with Crippen LogP contribution in [0.1, 0.15) is 40.0 Å². The minimum absolute atomic E-state index is 0.0644. The Labute approximate surface area is 122 Å². The Balaban J connectivity index is 2.00.